The van der Waals surface area contributed by atoms with E-state index < -0.39 is 0 Å². The van der Waals surface area contributed by atoms with Gasteiger partial charge in [0, 0.05) is 6.54 Å². The normalized spacial score (nSPS) is 21.3. The lowest BCUT2D eigenvalue weighted by Crippen LogP contribution is -2.37. The molecule has 1 aromatic carbocycles. The SMILES string of the molecule is C[C@@H](CCN1CCC[C@H](n2cncn2)C1)c1ccccc1. The minimum absolute atomic E-state index is 0.494. The Balaban J connectivity index is 1.51. The van der Waals surface area contributed by atoms with Crippen molar-refractivity contribution in [3.8, 4) is 0 Å². The van der Waals surface area contributed by atoms with Gasteiger partial charge in [-0.15, -0.1) is 0 Å². The minimum Gasteiger partial charge on any atom is -0.301 e. The zero-order chi connectivity index (χ0) is 14.5. The molecule has 0 spiro atoms. The second-order valence-corrected chi connectivity index (χ2v) is 6.07. The highest BCUT2D eigenvalue weighted by Crippen LogP contribution is 2.23. The number of hydrogen-bond donors (Lipinski definition) is 0. The van der Waals surface area contributed by atoms with Crippen LogP contribution in [0.25, 0.3) is 0 Å². The van der Waals surface area contributed by atoms with E-state index in [1.807, 2.05) is 11.0 Å². The summed E-state index contributed by atoms with van der Waals surface area (Å²) < 4.78 is 2.02. The van der Waals surface area contributed by atoms with Crippen LogP contribution in [0.3, 0.4) is 0 Å². The van der Waals surface area contributed by atoms with Crippen LogP contribution < -0.4 is 0 Å². The Bertz CT molecular complexity index is 523. The van der Waals surface area contributed by atoms with Gasteiger partial charge in [-0.05, 0) is 43.8 Å². The van der Waals surface area contributed by atoms with E-state index in [0.29, 0.717) is 12.0 Å². The van der Waals surface area contributed by atoms with Gasteiger partial charge in [-0.3, -0.25) is 0 Å². The molecule has 3 rings (SSSR count). The van der Waals surface area contributed by atoms with Crippen molar-refractivity contribution in [2.45, 2.75) is 38.1 Å². The highest BCUT2D eigenvalue weighted by Gasteiger charge is 2.21. The molecule has 1 aromatic heterocycles. The summed E-state index contributed by atoms with van der Waals surface area (Å²) in [5, 5.41) is 4.30. The van der Waals surface area contributed by atoms with Gasteiger partial charge >= 0.3 is 0 Å². The molecule has 21 heavy (non-hydrogen) atoms. The Labute approximate surface area is 126 Å². The fraction of sp³-hybridized carbons (Fsp3) is 0.529. The second kappa shape index (κ2) is 6.85. The Hall–Kier alpha value is -1.68. The number of piperidine rings is 1. The number of aromatic nitrogens is 3. The zero-order valence-electron chi connectivity index (χ0n) is 12.7. The molecule has 112 valence electrons. The molecule has 0 amide bonds. The van der Waals surface area contributed by atoms with E-state index in [1.165, 1.54) is 37.9 Å². The van der Waals surface area contributed by atoms with Crippen LogP contribution >= 0.6 is 0 Å². The van der Waals surface area contributed by atoms with E-state index in [0.717, 1.165) is 6.54 Å². The molecule has 4 nitrogen and oxygen atoms in total. The van der Waals surface area contributed by atoms with E-state index in [9.17, 15) is 0 Å². The van der Waals surface area contributed by atoms with Crippen LogP contribution in [0.1, 0.15) is 43.7 Å². The lowest BCUT2D eigenvalue weighted by molar-refractivity contribution is 0.165. The molecule has 0 aliphatic carbocycles. The van der Waals surface area contributed by atoms with Gasteiger partial charge in [0.05, 0.1) is 6.04 Å². The average Bonchev–Trinajstić information content (AvgIpc) is 3.08. The van der Waals surface area contributed by atoms with E-state index in [1.54, 1.807) is 6.33 Å². The van der Waals surface area contributed by atoms with Crippen LogP contribution in [0.2, 0.25) is 0 Å². The molecule has 0 saturated carbocycles. The lowest BCUT2D eigenvalue weighted by Gasteiger charge is -2.33. The third-order valence-electron chi connectivity index (χ3n) is 4.54. The van der Waals surface area contributed by atoms with E-state index in [-0.39, 0.29) is 0 Å². The summed E-state index contributed by atoms with van der Waals surface area (Å²) in [4.78, 5) is 6.65. The van der Waals surface area contributed by atoms with Crippen molar-refractivity contribution in [1.29, 1.82) is 0 Å². The van der Waals surface area contributed by atoms with E-state index >= 15 is 0 Å². The van der Waals surface area contributed by atoms with E-state index in [2.05, 4.69) is 52.2 Å². The van der Waals surface area contributed by atoms with Gasteiger partial charge in [0.25, 0.3) is 0 Å². The largest absolute Gasteiger partial charge is 0.301 e. The zero-order valence-corrected chi connectivity index (χ0v) is 12.7. The summed E-state index contributed by atoms with van der Waals surface area (Å²) in [5.74, 6) is 0.623. The van der Waals surface area contributed by atoms with Crippen molar-refractivity contribution in [1.82, 2.24) is 19.7 Å². The molecular weight excluding hydrogens is 260 g/mol. The number of nitrogens with zero attached hydrogens (tertiary/aromatic N) is 4. The predicted molar refractivity (Wildman–Crippen MR) is 84.2 cm³/mol. The van der Waals surface area contributed by atoms with Gasteiger partial charge in [-0.2, -0.15) is 5.10 Å². The van der Waals surface area contributed by atoms with Crippen molar-refractivity contribution >= 4 is 0 Å². The first kappa shape index (κ1) is 14.3. The monoisotopic (exact) mass is 284 g/mol. The minimum atomic E-state index is 0.494. The summed E-state index contributed by atoms with van der Waals surface area (Å²) >= 11 is 0. The topological polar surface area (TPSA) is 34.0 Å². The summed E-state index contributed by atoms with van der Waals surface area (Å²) in [7, 11) is 0. The standard InChI is InChI=1S/C17H24N4/c1-15(16-6-3-2-4-7-16)9-11-20-10-5-8-17(12-20)21-14-18-13-19-21/h2-4,6-7,13-15,17H,5,8-12H2,1H3/t15-,17-/m0/s1. The predicted octanol–water partition coefficient (Wildman–Crippen LogP) is 3.11. The third-order valence-corrected chi connectivity index (χ3v) is 4.54. The summed E-state index contributed by atoms with van der Waals surface area (Å²) in [6.45, 7) is 5.81. The molecule has 2 heterocycles. The second-order valence-electron chi connectivity index (χ2n) is 6.07. The smallest absolute Gasteiger partial charge is 0.137 e. The molecule has 0 radical (unpaired) electrons. The molecule has 2 aromatic rings. The third kappa shape index (κ3) is 3.70. The van der Waals surface area contributed by atoms with Gasteiger partial charge in [0.2, 0.25) is 0 Å². The quantitative estimate of drug-likeness (QED) is 0.846. The lowest BCUT2D eigenvalue weighted by atomic mass is 9.97. The van der Waals surface area contributed by atoms with Crippen LogP contribution in [0.5, 0.6) is 0 Å². The molecule has 1 saturated heterocycles. The van der Waals surface area contributed by atoms with Gasteiger partial charge in [-0.1, -0.05) is 37.3 Å². The molecule has 0 unspecified atom stereocenters. The summed E-state index contributed by atoms with van der Waals surface area (Å²) in [5.41, 5.74) is 1.45. The van der Waals surface area contributed by atoms with Gasteiger partial charge in [0.1, 0.15) is 12.7 Å². The van der Waals surface area contributed by atoms with Crippen LogP contribution in [0, 0.1) is 0 Å². The Morgan fingerprint density at radius 1 is 1.29 bits per heavy atom. The van der Waals surface area contributed by atoms with Crippen LogP contribution in [-0.4, -0.2) is 39.3 Å². The Morgan fingerprint density at radius 3 is 2.90 bits per heavy atom. The van der Waals surface area contributed by atoms with E-state index in [4.69, 9.17) is 0 Å². The molecule has 2 atom stereocenters. The first-order chi connectivity index (χ1) is 10.3. The fourth-order valence-electron chi connectivity index (χ4n) is 3.18. The molecule has 1 aliphatic rings. The van der Waals surface area contributed by atoms with Crippen molar-refractivity contribution < 1.29 is 0 Å². The first-order valence-electron chi connectivity index (χ1n) is 7.94. The average molecular weight is 284 g/mol. The Kier molecular flexibility index (Phi) is 4.65. The van der Waals surface area contributed by atoms with Gasteiger partial charge in [0.15, 0.2) is 0 Å². The fourth-order valence-corrected chi connectivity index (χ4v) is 3.18. The maximum absolute atomic E-state index is 4.30. The molecule has 1 aliphatic heterocycles. The number of benzene rings is 1. The van der Waals surface area contributed by atoms with Gasteiger partial charge in [-0.25, -0.2) is 9.67 Å². The molecule has 4 heteroatoms. The maximum Gasteiger partial charge on any atom is 0.137 e. The number of hydrogen-bond acceptors (Lipinski definition) is 3. The Morgan fingerprint density at radius 2 is 2.14 bits per heavy atom. The van der Waals surface area contributed by atoms with Crippen molar-refractivity contribution in [2.24, 2.45) is 0 Å². The van der Waals surface area contributed by atoms with Crippen LogP contribution in [0.15, 0.2) is 43.0 Å². The molecule has 0 bridgehead atoms. The highest BCUT2D eigenvalue weighted by molar-refractivity contribution is 5.18. The van der Waals surface area contributed by atoms with Crippen molar-refractivity contribution in [2.75, 3.05) is 19.6 Å². The van der Waals surface area contributed by atoms with Gasteiger partial charge < -0.3 is 4.90 Å². The van der Waals surface area contributed by atoms with Crippen LogP contribution in [0.4, 0.5) is 0 Å². The summed E-state index contributed by atoms with van der Waals surface area (Å²) in [6.07, 6.45) is 7.17. The molecular formula is C17H24N4. The van der Waals surface area contributed by atoms with Crippen molar-refractivity contribution in [3.63, 3.8) is 0 Å². The first-order valence-corrected chi connectivity index (χ1v) is 7.94. The number of likely N-dealkylation sites (tertiary alicyclic amines) is 1. The number of rotatable bonds is 5. The maximum atomic E-state index is 4.30. The van der Waals surface area contributed by atoms with Crippen molar-refractivity contribution in [3.05, 3.63) is 48.5 Å². The summed E-state index contributed by atoms with van der Waals surface area (Å²) in [6, 6.07) is 11.3. The highest BCUT2D eigenvalue weighted by atomic mass is 15.3. The van der Waals surface area contributed by atoms with Crippen LogP contribution in [-0.2, 0) is 0 Å². The molecule has 1 fully saturated rings. The molecule has 0 N–H and O–H groups in total.